The second-order valence-corrected chi connectivity index (χ2v) is 9.56. The van der Waals surface area contributed by atoms with Gasteiger partial charge in [0, 0.05) is 51.7 Å². The third kappa shape index (κ3) is 6.98. The summed E-state index contributed by atoms with van der Waals surface area (Å²) in [5.74, 6) is 0.978. The zero-order valence-electron chi connectivity index (χ0n) is 20.1. The van der Waals surface area contributed by atoms with Crippen molar-refractivity contribution in [1.82, 2.24) is 25.3 Å². The number of rotatable bonds is 10. The van der Waals surface area contributed by atoms with E-state index < -0.39 is 5.41 Å². The van der Waals surface area contributed by atoms with E-state index in [0.29, 0.717) is 73.0 Å². The zero-order chi connectivity index (χ0) is 24.5. The first-order chi connectivity index (χ1) is 17.1. The number of nitrogens with zero attached hydrogens (tertiary/aromatic N) is 5. The van der Waals surface area contributed by atoms with E-state index in [9.17, 15) is 5.26 Å². The minimum atomic E-state index is -0.473. The number of methoxy groups -OCH3 is 1. The number of anilines is 2. The van der Waals surface area contributed by atoms with Crippen LogP contribution in [0, 0.1) is 16.7 Å². The number of hydrogen-bond donors (Lipinski definition) is 3. The van der Waals surface area contributed by atoms with Crippen LogP contribution in [-0.2, 0) is 9.47 Å². The molecule has 35 heavy (non-hydrogen) atoms. The number of halogens is 1. The fourth-order valence-corrected chi connectivity index (χ4v) is 4.71. The molecule has 3 heterocycles. The van der Waals surface area contributed by atoms with Gasteiger partial charge < -0.3 is 25.4 Å². The molecule has 1 saturated heterocycles. The van der Waals surface area contributed by atoms with Gasteiger partial charge in [-0.3, -0.25) is 0 Å². The smallest absolute Gasteiger partial charge is 0.223 e. The van der Waals surface area contributed by atoms with Crippen LogP contribution in [0.4, 0.5) is 11.9 Å². The Hall–Kier alpha value is -2.58. The Labute approximate surface area is 211 Å². The van der Waals surface area contributed by atoms with Crippen LogP contribution in [0.2, 0.25) is 5.02 Å². The molecule has 11 heteroatoms. The molecule has 3 N–H and O–H groups in total. The van der Waals surface area contributed by atoms with Crippen LogP contribution in [-0.4, -0.2) is 72.0 Å². The molecular formula is C24H33ClN8O2. The van der Waals surface area contributed by atoms with Crippen molar-refractivity contribution in [2.45, 2.75) is 50.6 Å². The van der Waals surface area contributed by atoms with Gasteiger partial charge in [-0.25, -0.2) is 19.9 Å². The molecule has 10 nitrogen and oxygen atoms in total. The summed E-state index contributed by atoms with van der Waals surface area (Å²) >= 11 is 6.44. The van der Waals surface area contributed by atoms with Gasteiger partial charge in [-0.2, -0.15) is 5.26 Å². The van der Waals surface area contributed by atoms with Gasteiger partial charge in [0.15, 0.2) is 0 Å². The molecule has 0 radical (unpaired) electrons. The predicted octanol–water partition coefficient (Wildman–Crippen LogP) is 3.28. The highest BCUT2D eigenvalue weighted by atomic mass is 35.5. The lowest BCUT2D eigenvalue weighted by molar-refractivity contribution is 0.0455. The van der Waals surface area contributed by atoms with Crippen LogP contribution in [0.5, 0.6) is 0 Å². The normalized spacial score (nSPS) is 21.7. The molecule has 2 fully saturated rings. The van der Waals surface area contributed by atoms with Crippen molar-refractivity contribution in [2.24, 2.45) is 5.41 Å². The lowest BCUT2D eigenvalue weighted by Crippen LogP contribution is -2.38. The first-order valence-corrected chi connectivity index (χ1v) is 12.6. The van der Waals surface area contributed by atoms with Crippen molar-refractivity contribution >= 4 is 23.5 Å². The summed E-state index contributed by atoms with van der Waals surface area (Å²) in [6.07, 6.45) is 8.92. The van der Waals surface area contributed by atoms with E-state index in [1.54, 1.807) is 25.6 Å². The molecule has 0 amide bonds. The van der Waals surface area contributed by atoms with E-state index in [1.165, 1.54) is 0 Å². The average molecular weight is 501 g/mol. The van der Waals surface area contributed by atoms with E-state index in [0.717, 1.165) is 38.8 Å². The van der Waals surface area contributed by atoms with E-state index in [4.69, 9.17) is 21.1 Å². The van der Waals surface area contributed by atoms with Crippen molar-refractivity contribution in [3.8, 4) is 17.5 Å². The Bertz CT molecular complexity index is 1000. The van der Waals surface area contributed by atoms with E-state index in [1.807, 2.05) is 0 Å². The number of aromatic nitrogens is 4. The summed E-state index contributed by atoms with van der Waals surface area (Å²) in [5, 5.41) is 20.3. The van der Waals surface area contributed by atoms with Crippen LogP contribution < -0.4 is 16.0 Å². The molecule has 0 aromatic carbocycles. The number of nitrogens with one attached hydrogen (secondary N) is 3. The second kappa shape index (κ2) is 12.4. The molecule has 0 spiro atoms. The van der Waals surface area contributed by atoms with Gasteiger partial charge in [-0.15, -0.1) is 0 Å². The third-order valence-electron chi connectivity index (χ3n) is 6.71. The fourth-order valence-electron chi connectivity index (χ4n) is 4.52. The standard InChI is InChI=1S/C24H33ClN8O2/c1-34-13-10-27-17-2-4-18(5-3-17)31-23-29-14-19(25)21(33-23)20-6-9-28-22(32-20)30-16-24(15-26)7-11-35-12-8-24/h6,9,14,17-18,27H,2-5,7-8,10-13,16H2,1H3,(H,28,30,32)(H,29,31,33). The van der Waals surface area contributed by atoms with Crippen LogP contribution in [0.1, 0.15) is 38.5 Å². The highest BCUT2D eigenvalue weighted by molar-refractivity contribution is 6.32. The summed E-state index contributed by atoms with van der Waals surface area (Å²) in [4.78, 5) is 18.0. The number of ether oxygens (including phenoxy) is 2. The lowest BCUT2D eigenvalue weighted by Gasteiger charge is -2.30. The topological polar surface area (TPSA) is 130 Å². The molecule has 188 valence electrons. The highest BCUT2D eigenvalue weighted by Gasteiger charge is 2.32. The van der Waals surface area contributed by atoms with Gasteiger partial charge in [0.1, 0.15) is 5.69 Å². The van der Waals surface area contributed by atoms with Crippen LogP contribution >= 0.6 is 11.6 Å². The van der Waals surface area contributed by atoms with Crippen molar-refractivity contribution in [3.05, 3.63) is 23.5 Å². The first-order valence-electron chi connectivity index (χ1n) is 12.2. The van der Waals surface area contributed by atoms with Crippen LogP contribution in [0.3, 0.4) is 0 Å². The molecule has 0 atom stereocenters. The maximum atomic E-state index is 9.68. The molecule has 0 bridgehead atoms. The number of hydrogen-bond acceptors (Lipinski definition) is 10. The molecule has 4 rings (SSSR count). The molecule has 0 unspecified atom stereocenters. The van der Waals surface area contributed by atoms with E-state index in [2.05, 4.69) is 42.0 Å². The molecule has 1 saturated carbocycles. The molecular weight excluding hydrogens is 468 g/mol. The summed E-state index contributed by atoms with van der Waals surface area (Å²) in [6, 6.07) is 5.06. The fraction of sp³-hybridized carbons (Fsp3) is 0.625. The SMILES string of the molecule is COCCNC1CCC(Nc2ncc(Cl)c(-c3ccnc(NCC4(C#N)CCOCC4)n3)n2)CC1. The summed E-state index contributed by atoms with van der Waals surface area (Å²) in [6.45, 7) is 3.26. The molecule has 2 aromatic rings. The van der Waals surface area contributed by atoms with Crippen molar-refractivity contribution in [3.63, 3.8) is 0 Å². The predicted molar refractivity (Wildman–Crippen MR) is 134 cm³/mol. The van der Waals surface area contributed by atoms with Gasteiger partial charge in [-0.1, -0.05) is 11.6 Å². The Morgan fingerprint density at radius 3 is 2.66 bits per heavy atom. The zero-order valence-corrected chi connectivity index (χ0v) is 20.9. The third-order valence-corrected chi connectivity index (χ3v) is 6.99. The largest absolute Gasteiger partial charge is 0.383 e. The maximum absolute atomic E-state index is 9.68. The monoisotopic (exact) mass is 500 g/mol. The Morgan fingerprint density at radius 2 is 1.91 bits per heavy atom. The Kier molecular flexibility index (Phi) is 9.04. The van der Waals surface area contributed by atoms with Crippen LogP contribution in [0.25, 0.3) is 11.4 Å². The second-order valence-electron chi connectivity index (χ2n) is 9.15. The van der Waals surface area contributed by atoms with Crippen molar-refractivity contribution < 1.29 is 9.47 Å². The molecule has 2 aromatic heterocycles. The Morgan fingerprint density at radius 1 is 1.14 bits per heavy atom. The quantitative estimate of drug-likeness (QED) is 0.418. The van der Waals surface area contributed by atoms with Gasteiger partial charge in [0.25, 0.3) is 0 Å². The van der Waals surface area contributed by atoms with Crippen molar-refractivity contribution in [2.75, 3.05) is 50.7 Å². The van der Waals surface area contributed by atoms with Gasteiger partial charge >= 0.3 is 0 Å². The molecule has 2 aliphatic rings. The number of nitriles is 1. The van der Waals surface area contributed by atoms with Gasteiger partial charge in [0.05, 0.1) is 35.0 Å². The maximum Gasteiger partial charge on any atom is 0.223 e. The van der Waals surface area contributed by atoms with E-state index in [-0.39, 0.29) is 0 Å². The molecule has 1 aliphatic heterocycles. The molecule has 1 aliphatic carbocycles. The van der Waals surface area contributed by atoms with Crippen LogP contribution in [0.15, 0.2) is 18.5 Å². The van der Waals surface area contributed by atoms with Gasteiger partial charge in [-0.05, 0) is 44.6 Å². The van der Waals surface area contributed by atoms with Gasteiger partial charge in [0.2, 0.25) is 11.9 Å². The van der Waals surface area contributed by atoms with Crippen molar-refractivity contribution in [1.29, 1.82) is 5.26 Å². The lowest BCUT2D eigenvalue weighted by atomic mass is 9.82. The summed E-state index contributed by atoms with van der Waals surface area (Å²) in [7, 11) is 1.72. The first kappa shape index (κ1) is 25.5. The summed E-state index contributed by atoms with van der Waals surface area (Å²) in [5.41, 5.74) is 0.673. The minimum Gasteiger partial charge on any atom is -0.383 e. The highest BCUT2D eigenvalue weighted by Crippen LogP contribution is 2.30. The van der Waals surface area contributed by atoms with E-state index >= 15 is 0 Å². The Balaban J connectivity index is 1.38. The summed E-state index contributed by atoms with van der Waals surface area (Å²) < 4.78 is 10.5. The minimum absolute atomic E-state index is 0.314. The average Bonchev–Trinajstić information content (AvgIpc) is 2.90.